The smallest absolute Gasteiger partial charge is 0.0943 e. The molecule has 0 aromatic rings. The summed E-state index contributed by atoms with van der Waals surface area (Å²) in [5, 5.41) is 8.59. The lowest BCUT2D eigenvalue weighted by Gasteiger charge is -1.98. The van der Waals surface area contributed by atoms with Crippen LogP contribution in [0.1, 0.15) is 40.5 Å². The van der Waals surface area contributed by atoms with Gasteiger partial charge in [-0.1, -0.05) is 17.2 Å². The minimum Gasteiger partial charge on any atom is -0.193 e. The van der Waals surface area contributed by atoms with Crippen molar-refractivity contribution in [1.82, 2.24) is 0 Å². The Morgan fingerprint density at radius 1 is 1.25 bits per heavy atom. The van der Waals surface area contributed by atoms with Gasteiger partial charge in [0.2, 0.25) is 0 Å². The van der Waals surface area contributed by atoms with Crippen LogP contribution in [0.3, 0.4) is 0 Å². The maximum atomic E-state index is 8.59. The quantitative estimate of drug-likeness (QED) is 0.460. The molecule has 0 fully saturated rings. The molecule has 0 saturated carbocycles. The van der Waals surface area contributed by atoms with Gasteiger partial charge in [-0.15, -0.1) is 0 Å². The van der Waals surface area contributed by atoms with Gasteiger partial charge in [0, 0.05) is 5.57 Å². The van der Waals surface area contributed by atoms with E-state index in [0.29, 0.717) is 0 Å². The Hall–Kier alpha value is -1.03. The predicted molar refractivity (Wildman–Crippen MR) is 52.7 cm³/mol. The monoisotopic (exact) mass is 163 g/mol. The van der Waals surface area contributed by atoms with E-state index in [0.717, 1.165) is 18.4 Å². The summed E-state index contributed by atoms with van der Waals surface area (Å²) in [6.07, 6.45) is 4.26. The van der Waals surface area contributed by atoms with Crippen molar-refractivity contribution in [2.75, 3.05) is 0 Å². The Morgan fingerprint density at radius 2 is 1.83 bits per heavy atom. The topological polar surface area (TPSA) is 23.8 Å². The summed E-state index contributed by atoms with van der Waals surface area (Å²) in [6.45, 7) is 8.08. The summed E-state index contributed by atoms with van der Waals surface area (Å²) < 4.78 is 0. The minimum atomic E-state index is 0.858. The highest BCUT2D eigenvalue weighted by Gasteiger charge is 1.93. The highest BCUT2D eigenvalue weighted by molar-refractivity contribution is 5.24. The van der Waals surface area contributed by atoms with Gasteiger partial charge in [0.25, 0.3) is 0 Å². The third-order valence-corrected chi connectivity index (χ3v) is 1.88. The second-order valence-corrected chi connectivity index (χ2v) is 3.34. The normalized spacial score (nSPS) is 11.6. The number of nitriles is 1. The molecule has 0 rings (SSSR count). The van der Waals surface area contributed by atoms with Crippen LogP contribution >= 0.6 is 0 Å². The van der Waals surface area contributed by atoms with Crippen molar-refractivity contribution in [3.63, 3.8) is 0 Å². The van der Waals surface area contributed by atoms with E-state index < -0.39 is 0 Å². The molecule has 0 spiro atoms. The molecule has 0 aliphatic carbocycles. The van der Waals surface area contributed by atoms with Crippen LogP contribution in [0.15, 0.2) is 22.8 Å². The Kier molecular flexibility index (Phi) is 5.12. The lowest BCUT2D eigenvalue weighted by molar-refractivity contribution is 0.954. The molecule has 1 nitrogen and oxygen atoms in total. The molecule has 0 unspecified atom stereocenters. The van der Waals surface area contributed by atoms with Crippen molar-refractivity contribution in [3.05, 3.63) is 22.8 Å². The van der Waals surface area contributed by atoms with Gasteiger partial charge in [0.15, 0.2) is 0 Å². The molecule has 12 heavy (non-hydrogen) atoms. The number of hydrogen-bond acceptors (Lipinski definition) is 1. The third-order valence-electron chi connectivity index (χ3n) is 1.88. The van der Waals surface area contributed by atoms with Crippen LogP contribution in [0.5, 0.6) is 0 Å². The van der Waals surface area contributed by atoms with E-state index in [9.17, 15) is 0 Å². The lowest BCUT2D eigenvalue weighted by Crippen LogP contribution is -1.81. The molecule has 0 aliphatic heterocycles. The van der Waals surface area contributed by atoms with E-state index in [1.165, 1.54) is 11.1 Å². The van der Waals surface area contributed by atoms with Crippen LogP contribution in [0.4, 0.5) is 0 Å². The fourth-order valence-electron chi connectivity index (χ4n) is 0.860. The maximum absolute atomic E-state index is 8.59. The summed E-state index contributed by atoms with van der Waals surface area (Å²) in [6, 6.07) is 2.16. The molecule has 0 radical (unpaired) electrons. The van der Waals surface area contributed by atoms with Gasteiger partial charge in [0.1, 0.15) is 0 Å². The van der Waals surface area contributed by atoms with Crippen molar-refractivity contribution in [2.45, 2.75) is 40.5 Å². The highest BCUT2D eigenvalue weighted by atomic mass is 14.2. The molecule has 0 heterocycles. The number of hydrogen-bond donors (Lipinski definition) is 0. The summed E-state index contributed by atoms with van der Waals surface area (Å²) >= 11 is 0. The molecular weight excluding hydrogens is 146 g/mol. The molecule has 0 saturated heterocycles. The Balaban J connectivity index is 3.97. The summed E-state index contributed by atoms with van der Waals surface area (Å²) in [5.74, 6) is 0. The summed E-state index contributed by atoms with van der Waals surface area (Å²) in [7, 11) is 0. The van der Waals surface area contributed by atoms with Crippen LogP contribution < -0.4 is 0 Å². The molecule has 0 aliphatic rings. The molecule has 1 heteroatoms. The first-order valence-corrected chi connectivity index (χ1v) is 4.27. The van der Waals surface area contributed by atoms with E-state index in [2.05, 4.69) is 26.0 Å². The van der Waals surface area contributed by atoms with Crippen LogP contribution in [0.25, 0.3) is 0 Å². The largest absolute Gasteiger partial charge is 0.193 e. The molecule has 0 N–H and O–H groups in total. The standard InChI is InChI=1S/C11H17N/c1-9(2)6-5-7-10(3)11(4)8-12/h6H,5,7H2,1-4H3/b11-10+. The zero-order valence-electron chi connectivity index (χ0n) is 8.44. The lowest BCUT2D eigenvalue weighted by atomic mass is 10.1. The molecule has 66 valence electrons. The van der Waals surface area contributed by atoms with Gasteiger partial charge in [-0.25, -0.2) is 0 Å². The highest BCUT2D eigenvalue weighted by Crippen LogP contribution is 2.10. The molecule has 0 bridgehead atoms. The first-order valence-electron chi connectivity index (χ1n) is 4.27. The van der Waals surface area contributed by atoms with E-state index in [-0.39, 0.29) is 0 Å². The van der Waals surface area contributed by atoms with Gasteiger partial charge in [-0.2, -0.15) is 5.26 Å². The number of nitrogens with zero attached hydrogens (tertiary/aromatic N) is 1. The van der Waals surface area contributed by atoms with Crippen molar-refractivity contribution in [2.24, 2.45) is 0 Å². The Labute approximate surface area is 75.4 Å². The molecule has 0 aromatic carbocycles. The summed E-state index contributed by atoms with van der Waals surface area (Å²) in [4.78, 5) is 0. The molecular formula is C11H17N. The SMILES string of the molecule is CC(C)=CCC/C(C)=C(\C)C#N. The minimum absolute atomic E-state index is 0.858. The Morgan fingerprint density at radius 3 is 2.25 bits per heavy atom. The van der Waals surface area contributed by atoms with Gasteiger partial charge < -0.3 is 0 Å². The van der Waals surface area contributed by atoms with Gasteiger partial charge in [0.05, 0.1) is 6.07 Å². The zero-order chi connectivity index (χ0) is 9.56. The van der Waals surface area contributed by atoms with Crippen molar-refractivity contribution >= 4 is 0 Å². The van der Waals surface area contributed by atoms with Crippen LogP contribution in [-0.2, 0) is 0 Å². The number of rotatable bonds is 3. The number of allylic oxidation sites excluding steroid dienone is 4. The van der Waals surface area contributed by atoms with E-state index in [1.807, 2.05) is 13.8 Å². The van der Waals surface area contributed by atoms with Crippen LogP contribution in [0.2, 0.25) is 0 Å². The fourth-order valence-corrected chi connectivity index (χ4v) is 0.860. The summed E-state index contributed by atoms with van der Waals surface area (Å²) in [5.41, 5.74) is 3.41. The van der Waals surface area contributed by atoms with Crippen molar-refractivity contribution in [1.29, 1.82) is 5.26 Å². The van der Waals surface area contributed by atoms with E-state index >= 15 is 0 Å². The van der Waals surface area contributed by atoms with Crippen molar-refractivity contribution in [3.8, 4) is 6.07 Å². The van der Waals surface area contributed by atoms with Crippen molar-refractivity contribution < 1.29 is 0 Å². The predicted octanol–water partition coefficient (Wildman–Crippen LogP) is 3.59. The maximum Gasteiger partial charge on any atom is 0.0943 e. The Bertz CT molecular complexity index is 234. The van der Waals surface area contributed by atoms with E-state index in [1.54, 1.807) is 0 Å². The average molecular weight is 163 g/mol. The molecule has 0 atom stereocenters. The first-order chi connectivity index (χ1) is 5.57. The van der Waals surface area contributed by atoms with E-state index in [4.69, 9.17) is 5.26 Å². The fraction of sp³-hybridized carbons (Fsp3) is 0.545. The van der Waals surface area contributed by atoms with Gasteiger partial charge in [-0.3, -0.25) is 0 Å². The average Bonchev–Trinajstić information content (AvgIpc) is 2.02. The second kappa shape index (κ2) is 5.60. The van der Waals surface area contributed by atoms with Gasteiger partial charge in [-0.05, 0) is 40.5 Å². The second-order valence-electron chi connectivity index (χ2n) is 3.34. The zero-order valence-corrected chi connectivity index (χ0v) is 8.44. The molecule has 0 aromatic heterocycles. The third kappa shape index (κ3) is 4.73. The van der Waals surface area contributed by atoms with Gasteiger partial charge >= 0.3 is 0 Å². The molecule has 0 amide bonds. The first kappa shape index (κ1) is 11.0. The van der Waals surface area contributed by atoms with Crippen LogP contribution in [0, 0.1) is 11.3 Å². The van der Waals surface area contributed by atoms with Crippen LogP contribution in [-0.4, -0.2) is 0 Å².